The monoisotopic (exact) mass is 733 g/mol. The van der Waals surface area contributed by atoms with Gasteiger partial charge in [0.05, 0.1) is 0 Å². The summed E-state index contributed by atoms with van der Waals surface area (Å²) in [6.07, 6.45) is 0. The summed E-state index contributed by atoms with van der Waals surface area (Å²) < 4.78 is 32.0. The SMILES string of the molecule is COP(=O)(O)OCOP(=O)(O)O.[U].[W].[Y]. The predicted octanol–water partition coefficient (Wildman–Crippen LogP) is -0.188. The molecule has 0 amide bonds. The van der Waals surface area contributed by atoms with Gasteiger partial charge in [0.1, 0.15) is 0 Å². The van der Waals surface area contributed by atoms with E-state index >= 15 is 0 Å². The quantitative estimate of drug-likeness (QED) is 0.263. The van der Waals surface area contributed by atoms with Crippen LogP contribution in [0, 0.1) is 31.1 Å². The van der Waals surface area contributed by atoms with Gasteiger partial charge < -0.3 is 14.7 Å². The predicted molar refractivity (Wildman–Crippen MR) is 35.9 cm³/mol. The molecule has 0 aromatic carbocycles. The fraction of sp³-hybridized carbons (Fsp3) is 1.00. The van der Waals surface area contributed by atoms with Crippen LogP contribution in [0.5, 0.6) is 0 Å². The molecule has 1 radical (unpaired) electrons. The summed E-state index contributed by atoms with van der Waals surface area (Å²) >= 11 is 0. The molecule has 0 aliphatic rings. The van der Waals surface area contributed by atoms with Crippen molar-refractivity contribution < 1.29 is 122 Å². The van der Waals surface area contributed by atoms with Crippen LogP contribution in [0.15, 0.2) is 0 Å². The first kappa shape index (κ1) is 26.6. The Balaban J connectivity index is -0.000000202. The van der Waals surface area contributed by atoms with Crippen LogP contribution >= 0.6 is 15.6 Å². The van der Waals surface area contributed by atoms with E-state index in [0.29, 0.717) is 0 Å². The van der Waals surface area contributed by atoms with Crippen molar-refractivity contribution in [3.05, 3.63) is 0 Å². The van der Waals surface area contributed by atoms with Crippen LogP contribution in [0.25, 0.3) is 0 Å². The maximum absolute atomic E-state index is 10.4. The summed E-state index contributed by atoms with van der Waals surface area (Å²) in [5.74, 6) is 0. The molecule has 0 aliphatic heterocycles. The minimum absolute atomic E-state index is 0. The van der Waals surface area contributed by atoms with E-state index in [2.05, 4.69) is 13.6 Å². The fourth-order valence-electron chi connectivity index (χ4n) is 0.212. The molecule has 87 valence electrons. The van der Waals surface area contributed by atoms with Crippen molar-refractivity contribution in [1.82, 2.24) is 0 Å². The molecule has 0 saturated heterocycles. The Bertz CT molecular complexity index is 233. The molecule has 13 heteroatoms. The van der Waals surface area contributed by atoms with E-state index in [4.69, 9.17) is 14.7 Å². The first-order chi connectivity index (χ1) is 5.27. The van der Waals surface area contributed by atoms with Crippen molar-refractivity contribution in [2.24, 2.45) is 0 Å². The second-order valence-electron chi connectivity index (χ2n) is 1.52. The molecule has 0 saturated carbocycles. The van der Waals surface area contributed by atoms with Gasteiger partial charge in [0.2, 0.25) is 0 Å². The Hall–Kier alpha value is 3.06. The number of rotatable bonds is 5. The van der Waals surface area contributed by atoms with Crippen LogP contribution in [0.4, 0.5) is 0 Å². The number of hydrogen-bond acceptors (Lipinski definition) is 5. The summed E-state index contributed by atoms with van der Waals surface area (Å²) in [6, 6.07) is 0. The topological polar surface area (TPSA) is 123 Å². The molecule has 0 bridgehead atoms. The van der Waals surface area contributed by atoms with Crippen molar-refractivity contribution in [2.45, 2.75) is 0 Å². The van der Waals surface area contributed by atoms with Crippen LogP contribution in [0.1, 0.15) is 0 Å². The van der Waals surface area contributed by atoms with Crippen molar-refractivity contribution in [2.75, 3.05) is 13.9 Å². The summed E-state index contributed by atoms with van der Waals surface area (Å²) in [7, 11) is -8.00. The van der Waals surface area contributed by atoms with E-state index in [1.807, 2.05) is 0 Å². The molecule has 0 aliphatic carbocycles. The van der Waals surface area contributed by atoms with Crippen molar-refractivity contribution in [1.29, 1.82) is 0 Å². The zero-order valence-electron chi connectivity index (χ0n) is 7.47. The van der Waals surface area contributed by atoms with Gasteiger partial charge in [-0.1, -0.05) is 0 Å². The second-order valence-corrected chi connectivity index (χ2v) is 4.32. The Morgan fingerprint density at radius 1 is 1.13 bits per heavy atom. The molecule has 0 rings (SSSR count). The molecule has 0 aromatic rings. The standard InChI is InChI=1S/C2H8O8P2.U.W.Y/c1-8-12(6,7)10-2-9-11(3,4)5;;;/h2H2,1H3,(H,6,7)(H2,3,4,5);;;. The van der Waals surface area contributed by atoms with Gasteiger partial charge in [-0.2, -0.15) is 0 Å². The maximum Gasteiger partial charge on any atom is 0.474 e. The molecule has 0 heterocycles. The fourth-order valence-corrected chi connectivity index (χ4v) is 0.776. The summed E-state index contributed by atoms with van der Waals surface area (Å²) in [4.78, 5) is 24.7. The van der Waals surface area contributed by atoms with Gasteiger partial charge in [-0.15, -0.1) is 0 Å². The van der Waals surface area contributed by atoms with Crippen molar-refractivity contribution >= 4 is 15.6 Å². The van der Waals surface area contributed by atoms with Gasteiger partial charge in [-0.3, -0.25) is 13.6 Å². The Morgan fingerprint density at radius 3 is 1.80 bits per heavy atom. The largest absolute Gasteiger partial charge is 0.474 e. The maximum atomic E-state index is 10.4. The molecule has 0 aromatic heterocycles. The van der Waals surface area contributed by atoms with E-state index in [-0.39, 0.29) is 84.9 Å². The Labute approximate surface area is 150 Å². The van der Waals surface area contributed by atoms with Crippen LogP contribution < -0.4 is 0 Å². The zero-order valence-corrected chi connectivity index (χ0v) is 19.2. The van der Waals surface area contributed by atoms with Gasteiger partial charge in [0.25, 0.3) is 0 Å². The van der Waals surface area contributed by atoms with Gasteiger partial charge in [0.15, 0.2) is 6.79 Å². The van der Waals surface area contributed by atoms with Gasteiger partial charge in [-0.05, 0) is 0 Å². The third-order valence-electron chi connectivity index (χ3n) is 0.667. The average molecular weight is 733 g/mol. The average Bonchev–Trinajstić information content (AvgIpc) is 1.84. The summed E-state index contributed by atoms with van der Waals surface area (Å²) in [5.41, 5.74) is 0. The van der Waals surface area contributed by atoms with E-state index in [1.165, 1.54) is 0 Å². The Morgan fingerprint density at radius 2 is 1.53 bits per heavy atom. The normalized spacial score (nSPS) is 13.9. The van der Waals surface area contributed by atoms with Crippen LogP contribution in [0.2, 0.25) is 0 Å². The van der Waals surface area contributed by atoms with Gasteiger partial charge in [0, 0.05) is 92.0 Å². The van der Waals surface area contributed by atoms with Crippen LogP contribution in [-0.4, -0.2) is 28.6 Å². The van der Waals surface area contributed by atoms with Crippen LogP contribution in [0.3, 0.4) is 0 Å². The van der Waals surface area contributed by atoms with E-state index in [1.54, 1.807) is 0 Å². The minimum Gasteiger partial charge on any atom is -0.303 e. The molecular formula is C2H8O8P2UWY. The molecule has 3 N–H and O–H groups in total. The molecule has 15 heavy (non-hydrogen) atoms. The first-order valence-corrected chi connectivity index (χ1v) is 5.52. The summed E-state index contributed by atoms with van der Waals surface area (Å²) in [5, 5.41) is 0. The summed E-state index contributed by atoms with van der Waals surface area (Å²) in [6.45, 7) is -1.02. The van der Waals surface area contributed by atoms with E-state index < -0.39 is 22.4 Å². The third-order valence-corrected chi connectivity index (χ3v) is 2.00. The van der Waals surface area contributed by atoms with E-state index in [0.717, 1.165) is 7.11 Å². The minimum atomic E-state index is -4.68. The van der Waals surface area contributed by atoms with Gasteiger partial charge >= 0.3 is 15.6 Å². The molecule has 1 unspecified atom stereocenters. The molecule has 8 nitrogen and oxygen atoms in total. The first-order valence-electron chi connectivity index (χ1n) is 2.50. The number of phosphoric ester groups is 2. The van der Waals surface area contributed by atoms with Crippen LogP contribution in [-0.2, 0) is 76.5 Å². The van der Waals surface area contributed by atoms with E-state index in [9.17, 15) is 9.13 Å². The Kier molecular flexibility index (Phi) is 21.5. The molecule has 1 atom stereocenters. The molecular weight excluding hydrogens is 725 g/mol. The zero-order chi connectivity index (χ0) is 9.83. The number of phosphoric acid groups is 2. The second kappa shape index (κ2) is 12.1. The number of hydrogen-bond donors (Lipinski definition) is 3. The van der Waals surface area contributed by atoms with Gasteiger partial charge in [-0.25, -0.2) is 9.13 Å². The smallest absolute Gasteiger partial charge is 0.303 e. The molecule has 0 fully saturated rings. The third kappa shape index (κ3) is 19.6. The molecule has 0 spiro atoms. The van der Waals surface area contributed by atoms with Crippen molar-refractivity contribution in [3.63, 3.8) is 0 Å². The van der Waals surface area contributed by atoms with Crippen molar-refractivity contribution in [3.8, 4) is 0 Å².